The average molecular weight is 425 g/mol. The fourth-order valence-electron chi connectivity index (χ4n) is 4.02. The first-order valence-corrected chi connectivity index (χ1v) is 13.5. The Balaban J connectivity index is 1.98. The fourth-order valence-corrected chi connectivity index (χ4v) is 4.75. The first-order chi connectivity index (χ1) is 13.9. The third-order valence-electron chi connectivity index (χ3n) is 5.79. The highest BCUT2D eigenvalue weighted by atomic mass is 32.2. The number of unbranched alkanes of at least 4 members (excludes halogenated alkanes) is 15. The zero-order chi connectivity index (χ0) is 21.4. The van der Waals surface area contributed by atoms with Gasteiger partial charge in [-0.3, -0.25) is 4.55 Å². The molecule has 0 spiro atoms. The lowest BCUT2D eigenvalue weighted by atomic mass is 10.0. The second kappa shape index (κ2) is 15.9. The summed E-state index contributed by atoms with van der Waals surface area (Å²) in [4.78, 5) is 0.0732. The molecule has 0 fully saturated rings. The number of aryl methyl sites for hydroxylation is 2. The van der Waals surface area contributed by atoms with Crippen molar-refractivity contribution in [3.63, 3.8) is 0 Å². The van der Waals surface area contributed by atoms with Crippen LogP contribution in [0.4, 0.5) is 0 Å². The van der Waals surface area contributed by atoms with Crippen LogP contribution in [0.1, 0.15) is 121 Å². The van der Waals surface area contributed by atoms with Gasteiger partial charge in [0, 0.05) is 0 Å². The molecular formula is C25H44O3S. The molecule has 0 heterocycles. The molecule has 0 aliphatic carbocycles. The second-order valence-electron chi connectivity index (χ2n) is 8.64. The summed E-state index contributed by atoms with van der Waals surface area (Å²) in [5.41, 5.74) is 1.78. The van der Waals surface area contributed by atoms with Crippen LogP contribution in [0.2, 0.25) is 0 Å². The van der Waals surface area contributed by atoms with E-state index in [1.807, 2.05) is 13.0 Å². The second-order valence-corrected chi connectivity index (χ2v) is 10.0. The van der Waals surface area contributed by atoms with E-state index in [-0.39, 0.29) is 4.90 Å². The molecule has 0 amide bonds. The molecule has 1 N–H and O–H groups in total. The van der Waals surface area contributed by atoms with Gasteiger partial charge in [-0.15, -0.1) is 0 Å². The normalized spacial score (nSPS) is 11.8. The molecule has 0 bridgehead atoms. The first-order valence-electron chi connectivity index (χ1n) is 12.0. The van der Waals surface area contributed by atoms with Gasteiger partial charge in [0.2, 0.25) is 0 Å². The van der Waals surface area contributed by atoms with Gasteiger partial charge in [-0.05, 0) is 31.4 Å². The summed E-state index contributed by atoms with van der Waals surface area (Å²) in [6.45, 7) is 4.22. The lowest BCUT2D eigenvalue weighted by molar-refractivity contribution is 0.481. The van der Waals surface area contributed by atoms with E-state index in [1.165, 1.54) is 96.0 Å². The third-order valence-corrected chi connectivity index (χ3v) is 6.75. The van der Waals surface area contributed by atoms with E-state index < -0.39 is 10.1 Å². The van der Waals surface area contributed by atoms with Gasteiger partial charge >= 0.3 is 0 Å². The molecule has 0 saturated carbocycles. The van der Waals surface area contributed by atoms with Crippen LogP contribution in [0, 0.1) is 6.92 Å². The minimum absolute atomic E-state index is 0.0732. The van der Waals surface area contributed by atoms with E-state index in [2.05, 4.69) is 6.92 Å². The molecule has 0 unspecified atom stereocenters. The smallest absolute Gasteiger partial charge is 0.282 e. The van der Waals surface area contributed by atoms with Gasteiger partial charge in [0.05, 0.1) is 4.90 Å². The lowest BCUT2D eigenvalue weighted by Gasteiger charge is -2.08. The summed E-state index contributed by atoms with van der Waals surface area (Å²) in [7, 11) is -4.12. The zero-order valence-corrected chi connectivity index (χ0v) is 19.7. The monoisotopic (exact) mass is 424 g/mol. The Labute approximate surface area is 180 Å². The van der Waals surface area contributed by atoms with E-state index in [1.54, 1.807) is 6.07 Å². The van der Waals surface area contributed by atoms with Crippen molar-refractivity contribution in [1.82, 2.24) is 0 Å². The van der Waals surface area contributed by atoms with Crippen molar-refractivity contribution in [3.8, 4) is 0 Å². The Morgan fingerprint density at radius 2 is 1.10 bits per heavy atom. The third kappa shape index (κ3) is 13.1. The number of hydrogen-bond acceptors (Lipinski definition) is 2. The first kappa shape index (κ1) is 26.2. The summed E-state index contributed by atoms with van der Waals surface area (Å²) in [5, 5.41) is 0. The van der Waals surface area contributed by atoms with Crippen LogP contribution in [-0.2, 0) is 16.5 Å². The summed E-state index contributed by atoms with van der Waals surface area (Å²) in [6.07, 6.45) is 22.0. The Kier molecular flexibility index (Phi) is 14.3. The van der Waals surface area contributed by atoms with Crippen LogP contribution in [0.3, 0.4) is 0 Å². The number of hydrogen-bond donors (Lipinski definition) is 1. The van der Waals surface area contributed by atoms with Gasteiger partial charge in [-0.2, -0.15) is 8.42 Å². The Morgan fingerprint density at radius 1 is 0.690 bits per heavy atom. The van der Waals surface area contributed by atoms with Crippen molar-refractivity contribution in [2.24, 2.45) is 0 Å². The van der Waals surface area contributed by atoms with E-state index in [0.29, 0.717) is 0 Å². The van der Waals surface area contributed by atoms with Crippen molar-refractivity contribution in [1.29, 1.82) is 0 Å². The highest BCUT2D eigenvalue weighted by Gasteiger charge is 2.14. The molecule has 0 aromatic heterocycles. The molecule has 0 radical (unpaired) electrons. The van der Waals surface area contributed by atoms with Gasteiger partial charge < -0.3 is 0 Å². The largest absolute Gasteiger partial charge is 0.294 e. The number of rotatable bonds is 18. The quantitative estimate of drug-likeness (QED) is 0.191. The minimum Gasteiger partial charge on any atom is -0.282 e. The van der Waals surface area contributed by atoms with Gasteiger partial charge in [0.25, 0.3) is 10.1 Å². The lowest BCUT2D eigenvalue weighted by Crippen LogP contribution is -2.03. The van der Waals surface area contributed by atoms with Gasteiger partial charge in [0.1, 0.15) is 0 Å². The predicted molar refractivity (Wildman–Crippen MR) is 124 cm³/mol. The van der Waals surface area contributed by atoms with Crippen molar-refractivity contribution < 1.29 is 13.0 Å². The van der Waals surface area contributed by atoms with E-state index in [4.69, 9.17) is 0 Å². The van der Waals surface area contributed by atoms with Crippen molar-refractivity contribution in [2.75, 3.05) is 0 Å². The topological polar surface area (TPSA) is 54.4 Å². The van der Waals surface area contributed by atoms with E-state index in [9.17, 15) is 13.0 Å². The summed E-state index contributed by atoms with van der Waals surface area (Å²) in [5.74, 6) is 0. The molecule has 0 aliphatic rings. The van der Waals surface area contributed by atoms with Crippen LogP contribution < -0.4 is 0 Å². The van der Waals surface area contributed by atoms with Crippen LogP contribution in [0.15, 0.2) is 23.1 Å². The van der Waals surface area contributed by atoms with E-state index >= 15 is 0 Å². The Morgan fingerprint density at radius 3 is 1.52 bits per heavy atom. The molecule has 1 aromatic carbocycles. The average Bonchev–Trinajstić information content (AvgIpc) is 2.66. The molecule has 29 heavy (non-hydrogen) atoms. The standard InChI is InChI=1S/C25H44O3S/c1-3-4-5-6-7-8-9-10-11-12-13-14-15-16-17-18-19-24-22-23(2)20-21-25(24)29(26,27)28/h20-22H,3-19H2,1-2H3,(H,26,27,28). The molecule has 0 aliphatic heterocycles. The highest BCUT2D eigenvalue weighted by molar-refractivity contribution is 7.85. The molecular weight excluding hydrogens is 380 g/mol. The van der Waals surface area contributed by atoms with Crippen LogP contribution in [-0.4, -0.2) is 13.0 Å². The van der Waals surface area contributed by atoms with Crippen LogP contribution in [0.25, 0.3) is 0 Å². The maximum atomic E-state index is 11.5. The predicted octanol–water partition coefficient (Wildman–Crippen LogP) is 8.05. The minimum atomic E-state index is -4.12. The highest BCUT2D eigenvalue weighted by Crippen LogP contribution is 2.20. The van der Waals surface area contributed by atoms with Gasteiger partial charge in [-0.1, -0.05) is 121 Å². The maximum Gasteiger partial charge on any atom is 0.294 e. The van der Waals surface area contributed by atoms with Gasteiger partial charge in [-0.25, -0.2) is 0 Å². The summed E-state index contributed by atoms with van der Waals surface area (Å²) in [6, 6.07) is 5.14. The van der Waals surface area contributed by atoms with Gasteiger partial charge in [0.15, 0.2) is 0 Å². The Hall–Kier alpha value is -0.870. The number of benzene rings is 1. The van der Waals surface area contributed by atoms with E-state index in [0.717, 1.165) is 30.4 Å². The fraction of sp³-hybridized carbons (Fsp3) is 0.760. The zero-order valence-electron chi connectivity index (χ0n) is 18.9. The molecule has 0 saturated heterocycles. The maximum absolute atomic E-state index is 11.5. The molecule has 0 atom stereocenters. The Bertz CT molecular complexity index is 637. The van der Waals surface area contributed by atoms with Crippen LogP contribution in [0.5, 0.6) is 0 Å². The van der Waals surface area contributed by atoms with Crippen LogP contribution >= 0.6 is 0 Å². The molecule has 168 valence electrons. The summed E-state index contributed by atoms with van der Waals surface area (Å²) >= 11 is 0. The van der Waals surface area contributed by atoms with Crippen molar-refractivity contribution in [3.05, 3.63) is 29.3 Å². The molecule has 4 heteroatoms. The van der Waals surface area contributed by atoms with Crippen molar-refractivity contribution in [2.45, 2.75) is 128 Å². The molecule has 1 aromatic rings. The molecule has 3 nitrogen and oxygen atoms in total. The molecule has 1 rings (SSSR count). The SMILES string of the molecule is CCCCCCCCCCCCCCCCCCc1cc(C)ccc1S(=O)(=O)O. The van der Waals surface area contributed by atoms with Crippen molar-refractivity contribution >= 4 is 10.1 Å². The summed E-state index contributed by atoms with van der Waals surface area (Å²) < 4.78 is 32.4.